The van der Waals surface area contributed by atoms with Crippen LogP contribution in [0.1, 0.15) is 17.0 Å². The van der Waals surface area contributed by atoms with Crippen molar-refractivity contribution in [3.8, 4) is 5.75 Å². The molecule has 0 spiro atoms. The number of benzene rings is 2. The third-order valence-electron chi connectivity index (χ3n) is 4.50. The number of thioether (sulfide) groups is 1. The van der Waals surface area contributed by atoms with Gasteiger partial charge in [0.25, 0.3) is 0 Å². The summed E-state index contributed by atoms with van der Waals surface area (Å²) in [6.45, 7) is 1.51. The van der Waals surface area contributed by atoms with Crippen LogP contribution < -0.4 is 4.74 Å². The Bertz CT molecular complexity index is 973. The van der Waals surface area contributed by atoms with Crippen molar-refractivity contribution in [1.82, 2.24) is 19.7 Å². The topological polar surface area (TPSA) is 43.2 Å². The standard InChI is InChI=1S/C22H25ClN4OS/c1-26(14-8-11-17-9-5-7-13-20(17)28-3)15-21-24-25-22(27(21)2)29-16-18-10-4-6-12-19(18)23/h4-13H,14-16H2,1-3H3. The summed E-state index contributed by atoms with van der Waals surface area (Å²) in [5, 5.41) is 10.4. The predicted molar refractivity (Wildman–Crippen MR) is 120 cm³/mol. The van der Waals surface area contributed by atoms with Crippen LogP contribution >= 0.6 is 23.4 Å². The largest absolute Gasteiger partial charge is 0.496 e. The van der Waals surface area contributed by atoms with Gasteiger partial charge in [-0.05, 0) is 24.7 Å². The number of methoxy groups -OCH3 is 1. The molecule has 0 aliphatic heterocycles. The second-order valence-electron chi connectivity index (χ2n) is 6.68. The number of ether oxygens (including phenoxy) is 1. The Morgan fingerprint density at radius 3 is 2.69 bits per heavy atom. The molecule has 152 valence electrons. The van der Waals surface area contributed by atoms with Gasteiger partial charge in [-0.15, -0.1) is 10.2 Å². The molecule has 0 N–H and O–H groups in total. The Balaban J connectivity index is 1.55. The molecule has 0 radical (unpaired) electrons. The first-order valence-corrected chi connectivity index (χ1v) is 10.7. The van der Waals surface area contributed by atoms with Crippen LogP contribution in [0.3, 0.4) is 0 Å². The Morgan fingerprint density at radius 1 is 1.14 bits per heavy atom. The van der Waals surface area contributed by atoms with Gasteiger partial charge in [0.15, 0.2) is 5.16 Å². The zero-order valence-electron chi connectivity index (χ0n) is 16.9. The van der Waals surface area contributed by atoms with Crippen molar-refractivity contribution in [2.24, 2.45) is 7.05 Å². The lowest BCUT2D eigenvalue weighted by atomic mass is 10.2. The third kappa shape index (κ3) is 5.85. The van der Waals surface area contributed by atoms with Gasteiger partial charge >= 0.3 is 0 Å². The van der Waals surface area contributed by atoms with Crippen LogP contribution in [-0.2, 0) is 19.3 Å². The molecule has 3 aromatic rings. The molecular weight excluding hydrogens is 404 g/mol. The molecule has 1 aromatic heterocycles. The maximum Gasteiger partial charge on any atom is 0.191 e. The number of aromatic nitrogens is 3. The average Bonchev–Trinajstić information content (AvgIpc) is 3.07. The first-order chi connectivity index (χ1) is 14.1. The molecule has 2 aromatic carbocycles. The van der Waals surface area contributed by atoms with Crippen LogP contribution in [0.15, 0.2) is 59.8 Å². The number of nitrogens with zero attached hydrogens (tertiary/aromatic N) is 4. The van der Waals surface area contributed by atoms with E-state index in [1.807, 2.05) is 60.1 Å². The molecule has 0 saturated heterocycles. The number of para-hydroxylation sites is 1. The first-order valence-electron chi connectivity index (χ1n) is 9.31. The molecule has 1 heterocycles. The Labute approximate surface area is 181 Å². The lowest BCUT2D eigenvalue weighted by Gasteiger charge is -2.14. The molecule has 5 nitrogen and oxygen atoms in total. The van der Waals surface area contributed by atoms with Crippen molar-refractivity contribution in [2.45, 2.75) is 17.5 Å². The molecule has 7 heteroatoms. The van der Waals surface area contributed by atoms with Gasteiger partial charge in [-0.3, -0.25) is 4.90 Å². The van der Waals surface area contributed by atoms with Gasteiger partial charge < -0.3 is 9.30 Å². The Morgan fingerprint density at radius 2 is 1.90 bits per heavy atom. The van der Waals surface area contributed by atoms with Crippen LogP contribution in [-0.4, -0.2) is 40.4 Å². The number of likely N-dealkylation sites (N-methyl/N-ethyl adjacent to an activating group) is 1. The normalized spacial score (nSPS) is 11.5. The molecule has 0 saturated carbocycles. The molecule has 0 unspecified atom stereocenters. The quantitative estimate of drug-likeness (QED) is 0.453. The minimum Gasteiger partial charge on any atom is -0.496 e. The minimum atomic E-state index is 0.715. The third-order valence-corrected chi connectivity index (χ3v) is 5.94. The van der Waals surface area contributed by atoms with Crippen molar-refractivity contribution in [1.29, 1.82) is 0 Å². The average molecular weight is 429 g/mol. The molecule has 0 fully saturated rings. The first kappa shape index (κ1) is 21.4. The van der Waals surface area contributed by atoms with Crippen molar-refractivity contribution in [3.63, 3.8) is 0 Å². The monoisotopic (exact) mass is 428 g/mol. The summed E-state index contributed by atoms with van der Waals surface area (Å²) in [5.41, 5.74) is 2.17. The maximum absolute atomic E-state index is 6.24. The van der Waals surface area contributed by atoms with E-state index >= 15 is 0 Å². The van der Waals surface area contributed by atoms with E-state index in [9.17, 15) is 0 Å². The Hall–Kier alpha value is -2.28. The molecule has 0 amide bonds. The lowest BCUT2D eigenvalue weighted by molar-refractivity contribution is 0.347. The second kappa shape index (κ2) is 10.5. The summed E-state index contributed by atoms with van der Waals surface area (Å²) < 4.78 is 7.43. The van der Waals surface area contributed by atoms with Gasteiger partial charge in [0.1, 0.15) is 11.6 Å². The molecule has 0 aliphatic carbocycles. The number of rotatable bonds is 9. The molecule has 3 rings (SSSR count). The van der Waals surface area contributed by atoms with Crippen molar-refractivity contribution in [3.05, 3.63) is 76.6 Å². The number of halogens is 1. The highest BCUT2D eigenvalue weighted by Gasteiger charge is 2.12. The van der Waals surface area contributed by atoms with E-state index in [-0.39, 0.29) is 0 Å². The van der Waals surface area contributed by atoms with Gasteiger partial charge in [0, 0.05) is 29.9 Å². The lowest BCUT2D eigenvalue weighted by Crippen LogP contribution is -2.20. The van der Waals surface area contributed by atoms with Crippen LogP contribution in [0.25, 0.3) is 6.08 Å². The van der Waals surface area contributed by atoms with Gasteiger partial charge in [-0.25, -0.2) is 0 Å². The highest BCUT2D eigenvalue weighted by molar-refractivity contribution is 7.98. The van der Waals surface area contributed by atoms with Gasteiger partial charge in [-0.2, -0.15) is 0 Å². The summed E-state index contributed by atoms with van der Waals surface area (Å²) in [7, 11) is 5.76. The van der Waals surface area contributed by atoms with E-state index in [0.717, 1.165) is 45.2 Å². The Kier molecular flexibility index (Phi) is 7.75. The highest BCUT2D eigenvalue weighted by Crippen LogP contribution is 2.25. The van der Waals surface area contributed by atoms with Gasteiger partial charge in [0.2, 0.25) is 0 Å². The maximum atomic E-state index is 6.24. The van der Waals surface area contributed by atoms with Crippen LogP contribution in [0.5, 0.6) is 5.75 Å². The second-order valence-corrected chi connectivity index (χ2v) is 8.03. The summed E-state index contributed by atoms with van der Waals surface area (Å²) in [4.78, 5) is 2.19. The van der Waals surface area contributed by atoms with Crippen molar-refractivity contribution >= 4 is 29.4 Å². The number of hydrogen-bond acceptors (Lipinski definition) is 5. The summed E-state index contributed by atoms with van der Waals surface area (Å²) in [5.74, 6) is 2.57. The van der Waals surface area contributed by atoms with Crippen molar-refractivity contribution in [2.75, 3.05) is 20.7 Å². The summed E-state index contributed by atoms with van der Waals surface area (Å²) in [6.07, 6.45) is 4.21. The van der Waals surface area contributed by atoms with Gasteiger partial charge in [0.05, 0.1) is 13.7 Å². The SMILES string of the molecule is COc1ccccc1C=CCN(C)Cc1nnc(SCc2ccccc2Cl)n1C. The van der Waals surface area contributed by atoms with E-state index in [0.29, 0.717) is 6.54 Å². The van der Waals surface area contributed by atoms with Crippen LogP contribution in [0.2, 0.25) is 5.02 Å². The fraction of sp³-hybridized carbons (Fsp3) is 0.273. The van der Waals surface area contributed by atoms with E-state index in [2.05, 4.69) is 34.3 Å². The summed E-state index contributed by atoms with van der Waals surface area (Å²) >= 11 is 7.88. The zero-order chi connectivity index (χ0) is 20.6. The molecular formula is C22H25ClN4OS. The zero-order valence-corrected chi connectivity index (χ0v) is 18.5. The van der Waals surface area contributed by atoms with E-state index in [4.69, 9.17) is 16.3 Å². The van der Waals surface area contributed by atoms with E-state index in [1.165, 1.54) is 0 Å². The fourth-order valence-corrected chi connectivity index (χ4v) is 4.05. The highest BCUT2D eigenvalue weighted by atomic mass is 35.5. The number of hydrogen-bond donors (Lipinski definition) is 0. The minimum absolute atomic E-state index is 0.715. The molecule has 0 aliphatic rings. The van der Waals surface area contributed by atoms with Crippen molar-refractivity contribution < 1.29 is 4.74 Å². The molecule has 0 bridgehead atoms. The van der Waals surface area contributed by atoms with E-state index < -0.39 is 0 Å². The predicted octanol–water partition coefficient (Wildman–Crippen LogP) is 4.91. The van der Waals surface area contributed by atoms with Crippen LogP contribution in [0.4, 0.5) is 0 Å². The van der Waals surface area contributed by atoms with Crippen LogP contribution in [0, 0.1) is 0 Å². The smallest absolute Gasteiger partial charge is 0.191 e. The van der Waals surface area contributed by atoms with Gasteiger partial charge in [-0.1, -0.05) is 71.9 Å². The fourth-order valence-electron chi connectivity index (χ4n) is 2.84. The molecule has 29 heavy (non-hydrogen) atoms. The summed E-state index contributed by atoms with van der Waals surface area (Å²) in [6, 6.07) is 15.9. The molecule has 0 atom stereocenters. The van der Waals surface area contributed by atoms with E-state index in [1.54, 1.807) is 18.9 Å².